The van der Waals surface area contributed by atoms with Crippen molar-refractivity contribution in [1.82, 2.24) is 9.80 Å². The van der Waals surface area contributed by atoms with Gasteiger partial charge in [0.1, 0.15) is 17.5 Å². The van der Waals surface area contributed by atoms with Gasteiger partial charge in [0.05, 0.1) is 17.7 Å². The first kappa shape index (κ1) is 17.1. The van der Waals surface area contributed by atoms with Crippen LogP contribution in [0.3, 0.4) is 0 Å². The molecule has 2 heterocycles. The van der Waals surface area contributed by atoms with E-state index in [1.807, 2.05) is 36.8 Å². The van der Waals surface area contributed by atoms with Crippen LogP contribution >= 0.6 is 0 Å². The SMILES string of the molecule is CCN1CCN(C2c3cc(C#N)ccc3OC(C)(C)C2O)/C1=N/C#N. The van der Waals surface area contributed by atoms with Crippen molar-refractivity contribution < 1.29 is 9.84 Å². The number of hydrogen-bond acceptors (Lipinski definition) is 5. The average molecular weight is 339 g/mol. The molecule has 0 aliphatic carbocycles. The van der Waals surface area contributed by atoms with Gasteiger partial charge in [0.25, 0.3) is 0 Å². The van der Waals surface area contributed by atoms with E-state index in [9.17, 15) is 10.4 Å². The first-order chi connectivity index (χ1) is 11.9. The van der Waals surface area contributed by atoms with Crippen LogP contribution in [0.2, 0.25) is 0 Å². The Balaban J connectivity index is 2.13. The first-order valence-electron chi connectivity index (χ1n) is 8.32. The number of benzene rings is 1. The van der Waals surface area contributed by atoms with Gasteiger partial charge in [0, 0.05) is 25.2 Å². The van der Waals surface area contributed by atoms with E-state index in [1.54, 1.807) is 18.2 Å². The molecule has 7 heteroatoms. The Morgan fingerprint density at radius 3 is 2.76 bits per heavy atom. The third-order valence-electron chi connectivity index (χ3n) is 4.86. The summed E-state index contributed by atoms with van der Waals surface area (Å²) in [4.78, 5) is 7.94. The van der Waals surface area contributed by atoms with Gasteiger partial charge in [-0.25, -0.2) is 0 Å². The highest BCUT2D eigenvalue weighted by Gasteiger charge is 2.48. The second-order valence-corrected chi connectivity index (χ2v) is 6.74. The Bertz CT molecular complexity index is 790. The van der Waals surface area contributed by atoms with Crippen LogP contribution in [0.25, 0.3) is 0 Å². The molecular weight excluding hydrogens is 318 g/mol. The largest absolute Gasteiger partial charge is 0.485 e. The van der Waals surface area contributed by atoms with E-state index in [2.05, 4.69) is 11.1 Å². The van der Waals surface area contributed by atoms with Crippen molar-refractivity contribution in [2.45, 2.75) is 38.5 Å². The Labute approximate surface area is 147 Å². The predicted octanol–water partition coefficient (Wildman–Crippen LogP) is 1.61. The second kappa shape index (κ2) is 6.27. The molecule has 0 amide bonds. The smallest absolute Gasteiger partial charge is 0.213 e. The molecule has 1 saturated heterocycles. The van der Waals surface area contributed by atoms with E-state index in [0.717, 1.165) is 18.7 Å². The summed E-state index contributed by atoms with van der Waals surface area (Å²) in [6.45, 7) is 7.77. The molecule has 1 N–H and O–H groups in total. The van der Waals surface area contributed by atoms with Crippen LogP contribution in [0.5, 0.6) is 5.75 Å². The van der Waals surface area contributed by atoms with Crippen LogP contribution in [0.4, 0.5) is 0 Å². The van der Waals surface area contributed by atoms with Gasteiger partial charge in [-0.2, -0.15) is 10.5 Å². The highest BCUT2D eigenvalue weighted by Crippen LogP contribution is 2.44. The maximum Gasteiger partial charge on any atom is 0.213 e. The Kier molecular flexibility index (Phi) is 4.28. The minimum Gasteiger partial charge on any atom is -0.485 e. The molecule has 0 spiro atoms. The molecule has 1 aromatic rings. The zero-order valence-corrected chi connectivity index (χ0v) is 14.6. The first-order valence-corrected chi connectivity index (χ1v) is 8.32. The maximum absolute atomic E-state index is 11.0. The number of nitrogens with zero attached hydrogens (tertiary/aromatic N) is 5. The van der Waals surface area contributed by atoms with E-state index in [0.29, 0.717) is 23.8 Å². The van der Waals surface area contributed by atoms with Gasteiger partial charge in [0.15, 0.2) is 0 Å². The molecule has 7 nitrogen and oxygen atoms in total. The Hall–Kier alpha value is -2.77. The fourth-order valence-electron chi connectivity index (χ4n) is 3.53. The van der Waals surface area contributed by atoms with Crippen molar-refractivity contribution in [1.29, 1.82) is 10.5 Å². The number of nitriles is 2. The molecule has 3 rings (SSSR count). The summed E-state index contributed by atoms with van der Waals surface area (Å²) < 4.78 is 5.96. The molecule has 25 heavy (non-hydrogen) atoms. The molecule has 2 unspecified atom stereocenters. The monoisotopic (exact) mass is 339 g/mol. The summed E-state index contributed by atoms with van der Waals surface area (Å²) in [6.07, 6.45) is 1.03. The third kappa shape index (κ3) is 2.77. The molecule has 2 aliphatic rings. The van der Waals surface area contributed by atoms with Gasteiger partial charge in [-0.05, 0) is 39.0 Å². The Morgan fingerprint density at radius 1 is 1.36 bits per heavy atom. The number of fused-ring (bicyclic) bond motifs is 1. The van der Waals surface area contributed by atoms with Crippen LogP contribution in [0.15, 0.2) is 23.2 Å². The molecule has 2 atom stereocenters. The molecule has 130 valence electrons. The lowest BCUT2D eigenvalue weighted by molar-refractivity contribution is -0.0801. The minimum absolute atomic E-state index is 0.435. The lowest BCUT2D eigenvalue weighted by Gasteiger charge is -2.45. The van der Waals surface area contributed by atoms with Crippen molar-refractivity contribution in [2.24, 2.45) is 4.99 Å². The molecule has 1 aromatic carbocycles. The number of aliphatic imine (C=N–C) groups is 1. The van der Waals surface area contributed by atoms with E-state index < -0.39 is 17.7 Å². The number of ether oxygens (including phenoxy) is 1. The lowest BCUT2D eigenvalue weighted by Crippen LogP contribution is -2.54. The topological polar surface area (TPSA) is 95.9 Å². The van der Waals surface area contributed by atoms with Crippen molar-refractivity contribution in [3.8, 4) is 18.0 Å². The van der Waals surface area contributed by atoms with E-state index in [4.69, 9.17) is 10.00 Å². The zero-order chi connectivity index (χ0) is 18.2. The van der Waals surface area contributed by atoms with Crippen LogP contribution in [-0.2, 0) is 0 Å². The summed E-state index contributed by atoms with van der Waals surface area (Å²) in [5, 5.41) is 29.3. The summed E-state index contributed by atoms with van der Waals surface area (Å²) in [5.41, 5.74) is 0.447. The van der Waals surface area contributed by atoms with Gasteiger partial charge in [-0.1, -0.05) is 0 Å². The van der Waals surface area contributed by atoms with Crippen LogP contribution < -0.4 is 4.74 Å². The van der Waals surface area contributed by atoms with Gasteiger partial charge < -0.3 is 19.6 Å². The zero-order valence-electron chi connectivity index (χ0n) is 14.6. The molecule has 0 saturated carbocycles. The summed E-state index contributed by atoms with van der Waals surface area (Å²) in [6, 6.07) is 6.92. The quantitative estimate of drug-likeness (QED) is 0.822. The minimum atomic E-state index is -0.838. The number of aliphatic hydroxyl groups is 1. The molecule has 0 aromatic heterocycles. The number of hydrogen-bond donors (Lipinski definition) is 1. The Morgan fingerprint density at radius 2 is 2.12 bits per heavy atom. The van der Waals surface area contributed by atoms with E-state index >= 15 is 0 Å². The number of rotatable bonds is 2. The normalized spacial score (nSPS) is 25.9. The van der Waals surface area contributed by atoms with Crippen molar-refractivity contribution >= 4 is 5.96 Å². The fourth-order valence-corrected chi connectivity index (χ4v) is 3.53. The predicted molar refractivity (Wildman–Crippen MR) is 91.6 cm³/mol. The van der Waals surface area contributed by atoms with Gasteiger partial charge in [0.2, 0.25) is 12.2 Å². The van der Waals surface area contributed by atoms with Crippen molar-refractivity contribution in [2.75, 3.05) is 19.6 Å². The van der Waals surface area contributed by atoms with Crippen molar-refractivity contribution in [3.63, 3.8) is 0 Å². The maximum atomic E-state index is 11.0. The molecule has 0 bridgehead atoms. The standard InChI is InChI=1S/C18H21N5O2/c1-4-22-7-8-23(17(22)21-11-20)15-13-9-12(10-19)5-6-14(13)25-18(2,3)16(15)24/h5-6,9,15-16,24H,4,7-8H2,1-3H3/b21-17+. The molecular formula is C18H21N5O2. The third-order valence-corrected chi connectivity index (χ3v) is 4.86. The van der Waals surface area contributed by atoms with E-state index in [1.165, 1.54) is 0 Å². The highest BCUT2D eigenvalue weighted by molar-refractivity contribution is 5.83. The number of guanidine groups is 1. The van der Waals surface area contributed by atoms with Crippen molar-refractivity contribution in [3.05, 3.63) is 29.3 Å². The van der Waals surface area contributed by atoms with E-state index in [-0.39, 0.29) is 0 Å². The lowest BCUT2D eigenvalue weighted by atomic mass is 9.85. The number of likely N-dealkylation sites (N-methyl/N-ethyl adjacent to an activating group) is 1. The average Bonchev–Trinajstić information content (AvgIpc) is 2.98. The summed E-state index contributed by atoms with van der Waals surface area (Å²) in [5.74, 6) is 1.20. The fraction of sp³-hybridized carbons (Fsp3) is 0.500. The van der Waals surface area contributed by atoms with Gasteiger partial charge in [-0.3, -0.25) is 0 Å². The number of aliphatic hydroxyl groups excluding tert-OH is 1. The second-order valence-electron chi connectivity index (χ2n) is 6.74. The van der Waals surface area contributed by atoms with Gasteiger partial charge >= 0.3 is 0 Å². The molecule has 2 aliphatic heterocycles. The van der Waals surface area contributed by atoms with Crippen LogP contribution in [0.1, 0.15) is 37.9 Å². The summed E-state index contributed by atoms with van der Waals surface area (Å²) in [7, 11) is 0. The molecule has 1 fully saturated rings. The van der Waals surface area contributed by atoms with Crippen LogP contribution in [0, 0.1) is 22.8 Å². The van der Waals surface area contributed by atoms with Crippen LogP contribution in [-0.4, -0.2) is 52.2 Å². The summed E-state index contributed by atoms with van der Waals surface area (Å²) >= 11 is 0. The highest BCUT2D eigenvalue weighted by atomic mass is 16.5. The molecule has 0 radical (unpaired) electrons. The van der Waals surface area contributed by atoms with Gasteiger partial charge in [-0.15, -0.1) is 4.99 Å².